The number of amides is 2. The van der Waals surface area contributed by atoms with Gasteiger partial charge in [0.1, 0.15) is 0 Å². The van der Waals surface area contributed by atoms with Crippen LogP contribution >= 0.6 is 0 Å². The van der Waals surface area contributed by atoms with Crippen LogP contribution in [-0.4, -0.2) is 60.0 Å². The first-order valence-corrected chi connectivity index (χ1v) is 9.29. The summed E-state index contributed by atoms with van der Waals surface area (Å²) in [5.41, 5.74) is 1.53. The van der Waals surface area contributed by atoms with Gasteiger partial charge in [0.05, 0.1) is 23.7 Å². The number of rotatable bonds is 4. The molecule has 2 aromatic rings. The fraction of sp³-hybridized carbons (Fsp3) is 0.286. The number of piperazine rings is 1. The van der Waals surface area contributed by atoms with E-state index in [9.17, 15) is 14.4 Å². The number of imide groups is 1. The van der Waals surface area contributed by atoms with Gasteiger partial charge in [-0.3, -0.25) is 14.5 Å². The van der Waals surface area contributed by atoms with E-state index in [0.29, 0.717) is 18.8 Å². The van der Waals surface area contributed by atoms with Gasteiger partial charge in [-0.1, -0.05) is 24.3 Å². The fourth-order valence-corrected chi connectivity index (χ4v) is 3.88. The Bertz CT molecular complexity index is 907. The van der Waals surface area contributed by atoms with Crippen LogP contribution in [0.1, 0.15) is 16.8 Å². The summed E-state index contributed by atoms with van der Waals surface area (Å²) in [5, 5.41) is 9.16. The second-order valence-electron chi connectivity index (χ2n) is 7.00. The highest BCUT2D eigenvalue weighted by atomic mass is 16.4. The van der Waals surface area contributed by atoms with E-state index in [4.69, 9.17) is 5.11 Å². The average molecular weight is 379 g/mol. The van der Waals surface area contributed by atoms with E-state index >= 15 is 0 Å². The van der Waals surface area contributed by atoms with Crippen molar-refractivity contribution in [2.24, 2.45) is 0 Å². The molecule has 1 atom stereocenters. The molecule has 0 bridgehead atoms. The van der Waals surface area contributed by atoms with Crippen molar-refractivity contribution in [3.63, 3.8) is 0 Å². The fourth-order valence-electron chi connectivity index (χ4n) is 3.88. The van der Waals surface area contributed by atoms with Crippen molar-refractivity contribution in [1.82, 2.24) is 4.90 Å². The average Bonchev–Trinajstić information content (AvgIpc) is 3.03. The number of carboxylic acids is 1. The lowest BCUT2D eigenvalue weighted by atomic mass is 10.1. The van der Waals surface area contributed by atoms with Crippen LogP contribution in [-0.2, 0) is 9.59 Å². The first-order chi connectivity index (χ1) is 13.5. The van der Waals surface area contributed by atoms with E-state index in [1.54, 1.807) is 12.1 Å². The molecule has 0 aromatic heterocycles. The van der Waals surface area contributed by atoms with Gasteiger partial charge in [0.15, 0.2) is 0 Å². The molecule has 144 valence electrons. The summed E-state index contributed by atoms with van der Waals surface area (Å²) in [4.78, 5) is 42.1. The number of carbonyl (C=O) groups is 3. The Morgan fingerprint density at radius 1 is 0.893 bits per heavy atom. The molecule has 2 fully saturated rings. The maximum atomic E-state index is 13.0. The van der Waals surface area contributed by atoms with Gasteiger partial charge in [0, 0.05) is 31.9 Å². The van der Waals surface area contributed by atoms with Crippen molar-refractivity contribution in [2.75, 3.05) is 36.0 Å². The van der Waals surface area contributed by atoms with Crippen LogP contribution < -0.4 is 9.80 Å². The zero-order valence-corrected chi connectivity index (χ0v) is 15.3. The summed E-state index contributed by atoms with van der Waals surface area (Å²) in [6, 6.07) is 15.6. The molecule has 7 heteroatoms. The van der Waals surface area contributed by atoms with Crippen molar-refractivity contribution >= 4 is 29.2 Å². The first-order valence-electron chi connectivity index (χ1n) is 9.29. The zero-order valence-electron chi connectivity index (χ0n) is 15.3. The molecule has 4 rings (SSSR count). The van der Waals surface area contributed by atoms with Crippen LogP contribution in [0.25, 0.3) is 0 Å². The number of aromatic carboxylic acids is 1. The lowest BCUT2D eigenvalue weighted by Gasteiger charge is -2.38. The van der Waals surface area contributed by atoms with Crippen LogP contribution in [0, 0.1) is 0 Å². The van der Waals surface area contributed by atoms with Crippen LogP contribution in [0.15, 0.2) is 54.6 Å². The third-order valence-corrected chi connectivity index (χ3v) is 5.35. The monoisotopic (exact) mass is 379 g/mol. The van der Waals surface area contributed by atoms with Crippen molar-refractivity contribution in [1.29, 1.82) is 0 Å². The lowest BCUT2D eigenvalue weighted by Crippen LogP contribution is -2.52. The Labute approximate surface area is 162 Å². The Morgan fingerprint density at radius 2 is 1.57 bits per heavy atom. The maximum absolute atomic E-state index is 13.0. The maximum Gasteiger partial charge on any atom is 0.335 e. The van der Waals surface area contributed by atoms with Crippen LogP contribution in [0.5, 0.6) is 0 Å². The van der Waals surface area contributed by atoms with Gasteiger partial charge < -0.3 is 10.0 Å². The molecule has 28 heavy (non-hydrogen) atoms. The van der Waals surface area contributed by atoms with Gasteiger partial charge in [0.25, 0.3) is 5.91 Å². The summed E-state index contributed by atoms with van der Waals surface area (Å²) in [5.74, 6) is -1.65. The number of para-hydroxylation sites is 1. The molecule has 2 amide bonds. The standard InChI is InChI=1S/C21H21N3O4/c25-19-14-18(20(26)24(19)17-8-4-5-15(13-17)21(27)28)23-11-9-22(10-12-23)16-6-2-1-3-7-16/h1-8,13,18H,9-12,14H2,(H,27,28)/t18-/m0/s1. The highest BCUT2D eigenvalue weighted by molar-refractivity contribution is 6.22. The van der Waals surface area contributed by atoms with Crippen LogP contribution in [0.2, 0.25) is 0 Å². The highest BCUT2D eigenvalue weighted by Crippen LogP contribution is 2.27. The summed E-state index contributed by atoms with van der Waals surface area (Å²) in [7, 11) is 0. The molecule has 2 aliphatic heterocycles. The largest absolute Gasteiger partial charge is 0.478 e. The second-order valence-corrected chi connectivity index (χ2v) is 7.00. The molecule has 2 aromatic carbocycles. The molecule has 0 spiro atoms. The number of anilines is 2. The number of hydrogen-bond donors (Lipinski definition) is 1. The summed E-state index contributed by atoms with van der Waals surface area (Å²) in [6.45, 7) is 2.97. The SMILES string of the molecule is O=C(O)c1cccc(N2C(=O)C[C@H](N3CCN(c4ccccc4)CC3)C2=O)c1. The topological polar surface area (TPSA) is 81.2 Å². The number of benzene rings is 2. The minimum atomic E-state index is -1.09. The Hall–Kier alpha value is -3.19. The molecular weight excluding hydrogens is 358 g/mol. The van der Waals surface area contributed by atoms with Crippen LogP contribution in [0.4, 0.5) is 11.4 Å². The Kier molecular flexibility index (Phi) is 4.83. The van der Waals surface area contributed by atoms with E-state index in [0.717, 1.165) is 23.7 Å². The molecule has 0 saturated carbocycles. The van der Waals surface area contributed by atoms with Crippen molar-refractivity contribution in [3.8, 4) is 0 Å². The van der Waals surface area contributed by atoms with Gasteiger partial charge in [0.2, 0.25) is 5.91 Å². The zero-order chi connectivity index (χ0) is 19.7. The summed E-state index contributed by atoms with van der Waals surface area (Å²) >= 11 is 0. The van der Waals surface area contributed by atoms with E-state index < -0.39 is 12.0 Å². The quantitative estimate of drug-likeness (QED) is 0.817. The summed E-state index contributed by atoms with van der Waals surface area (Å²) in [6.07, 6.45) is 0.126. The van der Waals surface area contributed by atoms with E-state index in [1.165, 1.54) is 12.1 Å². The minimum absolute atomic E-state index is 0.0537. The van der Waals surface area contributed by atoms with Gasteiger partial charge in [-0.05, 0) is 30.3 Å². The molecule has 0 unspecified atom stereocenters. The van der Waals surface area contributed by atoms with Crippen molar-refractivity contribution < 1.29 is 19.5 Å². The molecule has 0 aliphatic carbocycles. The number of carbonyl (C=O) groups excluding carboxylic acids is 2. The second kappa shape index (κ2) is 7.44. The molecule has 2 aliphatic rings. The predicted octanol–water partition coefficient (Wildman–Crippen LogP) is 1.84. The summed E-state index contributed by atoms with van der Waals surface area (Å²) < 4.78 is 0. The van der Waals surface area contributed by atoms with Crippen LogP contribution in [0.3, 0.4) is 0 Å². The Morgan fingerprint density at radius 3 is 2.25 bits per heavy atom. The molecular formula is C21H21N3O4. The number of nitrogens with zero attached hydrogens (tertiary/aromatic N) is 3. The van der Waals surface area contributed by atoms with Crippen molar-refractivity contribution in [3.05, 3.63) is 60.2 Å². The number of carboxylic acid groups (broad SMARTS) is 1. The van der Waals surface area contributed by atoms with E-state index in [2.05, 4.69) is 21.9 Å². The lowest BCUT2D eigenvalue weighted by molar-refractivity contribution is -0.123. The number of hydrogen-bond acceptors (Lipinski definition) is 5. The molecule has 2 heterocycles. The van der Waals surface area contributed by atoms with Gasteiger partial charge in [-0.15, -0.1) is 0 Å². The first kappa shape index (κ1) is 18.2. The minimum Gasteiger partial charge on any atom is -0.478 e. The predicted molar refractivity (Wildman–Crippen MR) is 105 cm³/mol. The third-order valence-electron chi connectivity index (χ3n) is 5.35. The molecule has 1 N–H and O–H groups in total. The molecule has 2 saturated heterocycles. The van der Waals surface area contributed by atoms with Gasteiger partial charge >= 0.3 is 5.97 Å². The van der Waals surface area contributed by atoms with E-state index in [-0.39, 0.29) is 23.8 Å². The smallest absolute Gasteiger partial charge is 0.335 e. The third kappa shape index (κ3) is 3.36. The normalized spacial score (nSPS) is 20.6. The molecule has 7 nitrogen and oxygen atoms in total. The van der Waals surface area contributed by atoms with Gasteiger partial charge in [-0.25, -0.2) is 9.69 Å². The Balaban J connectivity index is 1.46. The molecule has 0 radical (unpaired) electrons. The van der Waals surface area contributed by atoms with Gasteiger partial charge in [-0.2, -0.15) is 0 Å². The highest BCUT2D eigenvalue weighted by Gasteiger charge is 2.43. The van der Waals surface area contributed by atoms with Crippen molar-refractivity contribution in [2.45, 2.75) is 12.5 Å². The van der Waals surface area contributed by atoms with E-state index in [1.807, 2.05) is 18.2 Å².